The molecule has 0 aliphatic carbocycles. The van der Waals surface area contributed by atoms with E-state index in [1.165, 1.54) is 0 Å². The molecule has 1 heterocycles. The Balaban J connectivity index is 2.01. The van der Waals surface area contributed by atoms with Gasteiger partial charge in [-0.25, -0.2) is 0 Å². The second-order valence-electron chi connectivity index (χ2n) is 3.87. The summed E-state index contributed by atoms with van der Waals surface area (Å²) in [6.07, 6.45) is 0. The van der Waals surface area contributed by atoms with Crippen LogP contribution in [0.15, 0.2) is 52.3 Å². The van der Waals surface area contributed by atoms with Gasteiger partial charge in [-0.2, -0.15) is 0 Å². The Morgan fingerprint density at radius 3 is 2.72 bits per heavy atom. The molecule has 0 saturated heterocycles. The Kier molecular flexibility index (Phi) is 3.14. The number of rotatable bonds is 2. The maximum absolute atomic E-state index is 11.6. The van der Waals surface area contributed by atoms with Gasteiger partial charge in [0.25, 0.3) is 0 Å². The topological polar surface area (TPSA) is 26.3 Å². The molecular weight excluding hydrogens is 312 g/mol. The molecule has 2 nitrogen and oxygen atoms in total. The van der Waals surface area contributed by atoms with Crippen molar-refractivity contribution in [2.45, 2.75) is 9.79 Å². The largest absolute Gasteiger partial charge is 0.455 e. The summed E-state index contributed by atoms with van der Waals surface area (Å²) < 4.78 is 5.82. The molecule has 0 saturated carbocycles. The van der Waals surface area contributed by atoms with Crippen LogP contribution >= 0.6 is 27.7 Å². The average molecular weight is 321 g/mol. The third-order valence-corrected chi connectivity index (χ3v) is 4.30. The molecule has 18 heavy (non-hydrogen) atoms. The zero-order chi connectivity index (χ0) is 12.5. The zero-order valence-electron chi connectivity index (χ0n) is 9.35. The number of ether oxygens (including phenoxy) is 1. The average Bonchev–Trinajstić information content (AvgIpc) is 2.43. The van der Waals surface area contributed by atoms with Crippen molar-refractivity contribution in [1.82, 2.24) is 0 Å². The summed E-state index contributed by atoms with van der Waals surface area (Å²) in [5.74, 6) is 1.66. The SMILES string of the molecule is O=C(CBr)c1ccc2c(c1)Oc1ccccc1S2. The molecule has 3 rings (SSSR count). The van der Waals surface area contributed by atoms with Gasteiger partial charge in [0.15, 0.2) is 5.78 Å². The Labute approximate surface area is 117 Å². The van der Waals surface area contributed by atoms with Crippen LogP contribution in [0.4, 0.5) is 0 Å². The minimum atomic E-state index is 0.0604. The van der Waals surface area contributed by atoms with E-state index in [1.54, 1.807) is 11.8 Å². The number of carbonyl (C=O) groups is 1. The number of para-hydroxylation sites is 1. The number of halogens is 1. The van der Waals surface area contributed by atoms with Gasteiger partial charge < -0.3 is 4.74 Å². The van der Waals surface area contributed by atoms with E-state index in [1.807, 2.05) is 42.5 Å². The molecule has 0 radical (unpaired) electrons. The van der Waals surface area contributed by atoms with Gasteiger partial charge in [-0.3, -0.25) is 4.79 Å². The van der Waals surface area contributed by atoms with Crippen LogP contribution < -0.4 is 4.74 Å². The van der Waals surface area contributed by atoms with E-state index in [2.05, 4.69) is 15.9 Å². The number of benzene rings is 2. The quantitative estimate of drug-likeness (QED) is 0.513. The highest BCUT2D eigenvalue weighted by Crippen LogP contribution is 2.46. The second kappa shape index (κ2) is 4.78. The van der Waals surface area contributed by atoms with Crippen molar-refractivity contribution in [3.63, 3.8) is 0 Å². The first-order valence-electron chi connectivity index (χ1n) is 5.46. The second-order valence-corrected chi connectivity index (χ2v) is 5.51. The lowest BCUT2D eigenvalue weighted by atomic mass is 10.1. The van der Waals surface area contributed by atoms with Crippen molar-refractivity contribution in [2.24, 2.45) is 0 Å². The monoisotopic (exact) mass is 320 g/mol. The van der Waals surface area contributed by atoms with Crippen LogP contribution in [0.2, 0.25) is 0 Å². The molecule has 0 amide bonds. The van der Waals surface area contributed by atoms with Gasteiger partial charge in [-0.15, -0.1) is 0 Å². The number of hydrogen-bond acceptors (Lipinski definition) is 3. The third-order valence-electron chi connectivity index (χ3n) is 2.68. The lowest BCUT2D eigenvalue weighted by molar-refractivity contribution is 0.102. The highest BCUT2D eigenvalue weighted by Gasteiger charge is 2.18. The smallest absolute Gasteiger partial charge is 0.173 e. The zero-order valence-corrected chi connectivity index (χ0v) is 11.8. The lowest BCUT2D eigenvalue weighted by Crippen LogP contribution is -2.02. The highest BCUT2D eigenvalue weighted by atomic mass is 79.9. The van der Waals surface area contributed by atoms with Gasteiger partial charge >= 0.3 is 0 Å². The van der Waals surface area contributed by atoms with E-state index >= 15 is 0 Å². The predicted molar refractivity (Wildman–Crippen MR) is 75.2 cm³/mol. The summed E-state index contributed by atoms with van der Waals surface area (Å²) in [6, 6.07) is 13.5. The van der Waals surface area contributed by atoms with Crippen LogP contribution in [-0.2, 0) is 0 Å². The van der Waals surface area contributed by atoms with Crippen molar-refractivity contribution >= 4 is 33.5 Å². The van der Waals surface area contributed by atoms with Crippen LogP contribution in [0.5, 0.6) is 11.5 Å². The van der Waals surface area contributed by atoms with E-state index in [0.717, 1.165) is 21.3 Å². The fraction of sp³-hybridized carbons (Fsp3) is 0.0714. The first-order chi connectivity index (χ1) is 8.78. The van der Waals surface area contributed by atoms with Gasteiger partial charge in [0.05, 0.1) is 15.1 Å². The number of Topliss-reactive ketones (excluding diaryl/α,β-unsaturated/α-hetero) is 1. The standard InChI is InChI=1S/C14H9BrO2S/c15-8-10(16)9-5-6-14-12(7-9)17-11-3-1-2-4-13(11)18-14/h1-7H,8H2. The Morgan fingerprint density at radius 2 is 1.89 bits per heavy atom. The molecule has 4 heteroatoms. The summed E-state index contributed by atoms with van der Waals surface area (Å²) in [4.78, 5) is 13.8. The van der Waals surface area contributed by atoms with Gasteiger partial charge in [0.1, 0.15) is 11.5 Å². The van der Waals surface area contributed by atoms with Crippen molar-refractivity contribution in [3.8, 4) is 11.5 Å². The third kappa shape index (κ3) is 2.06. The highest BCUT2D eigenvalue weighted by molar-refractivity contribution is 9.09. The molecule has 90 valence electrons. The van der Waals surface area contributed by atoms with Gasteiger partial charge in [0.2, 0.25) is 0 Å². The van der Waals surface area contributed by atoms with Crippen LogP contribution in [0, 0.1) is 0 Å². The molecule has 2 aromatic carbocycles. The molecular formula is C14H9BrO2S. The van der Waals surface area contributed by atoms with Crippen molar-refractivity contribution < 1.29 is 9.53 Å². The van der Waals surface area contributed by atoms with Crippen molar-refractivity contribution in [3.05, 3.63) is 48.0 Å². The summed E-state index contributed by atoms with van der Waals surface area (Å²) in [6.45, 7) is 0. The van der Waals surface area contributed by atoms with Crippen LogP contribution in [0.1, 0.15) is 10.4 Å². The van der Waals surface area contributed by atoms with Gasteiger partial charge in [-0.1, -0.05) is 39.8 Å². The normalized spacial score (nSPS) is 12.3. The number of fused-ring (bicyclic) bond motifs is 2. The Morgan fingerprint density at radius 1 is 1.11 bits per heavy atom. The first-order valence-corrected chi connectivity index (χ1v) is 7.39. The first kappa shape index (κ1) is 11.8. The molecule has 0 unspecified atom stereocenters. The number of alkyl halides is 1. The van der Waals surface area contributed by atoms with Crippen molar-refractivity contribution in [2.75, 3.05) is 5.33 Å². The van der Waals surface area contributed by atoms with Crippen LogP contribution in [0.25, 0.3) is 0 Å². The fourth-order valence-corrected chi connectivity index (χ4v) is 3.03. The van der Waals surface area contributed by atoms with Crippen LogP contribution in [0.3, 0.4) is 0 Å². The molecule has 0 bridgehead atoms. The molecule has 2 aromatic rings. The summed E-state index contributed by atoms with van der Waals surface area (Å²) in [5, 5.41) is 0.329. The molecule has 1 aliphatic rings. The van der Waals surface area contributed by atoms with E-state index in [9.17, 15) is 4.79 Å². The Bertz CT molecular complexity index is 625. The fourth-order valence-electron chi connectivity index (χ4n) is 1.78. The van der Waals surface area contributed by atoms with E-state index < -0.39 is 0 Å². The minimum Gasteiger partial charge on any atom is -0.455 e. The molecule has 0 spiro atoms. The number of hydrogen-bond donors (Lipinski definition) is 0. The maximum atomic E-state index is 11.6. The summed E-state index contributed by atoms with van der Waals surface area (Å²) in [5.41, 5.74) is 0.672. The predicted octanol–water partition coefficient (Wildman–Crippen LogP) is 4.52. The summed E-state index contributed by atoms with van der Waals surface area (Å²) in [7, 11) is 0. The molecule has 0 fully saturated rings. The summed E-state index contributed by atoms with van der Waals surface area (Å²) >= 11 is 4.84. The minimum absolute atomic E-state index is 0.0604. The number of ketones is 1. The van der Waals surface area contributed by atoms with Crippen LogP contribution in [-0.4, -0.2) is 11.1 Å². The van der Waals surface area contributed by atoms with E-state index in [0.29, 0.717) is 10.9 Å². The van der Waals surface area contributed by atoms with Gasteiger partial charge in [0, 0.05) is 5.56 Å². The van der Waals surface area contributed by atoms with Crippen molar-refractivity contribution in [1.29, 1.82) is 0 Å². The lowest BCUT2D eigenvalue weighted by Gasteiger charge is -2.19. The maximum Gasteiger partial charge on any atom is 0.173 e. The molecule has 0 N–H and O–H groups in total. The molecule has 1 aliphatic heterocycles. The van der Waals surface area contributed by atoms with E-state index in [-0.39, 0.29) is 5.78 Å². The molecule has 0 aromatic heterocycles. The molecule has 0 atom stereocenters. The van der Waals surface area contributed by atoms with E-state index in [4.69, 9.17) is 4.74 Å². The number of carbonyl (C=O) groups excluding carboxylic acids is 1. The Hall–Kier alpha value is -1.26. The van der Waals surface area contributed by atoms with Gasteiger partial charge in [-0.05, 0) is 30.3 Å².